The van der Waals surface area contributed by atoms with Gasteiger partial charge in [0.2, 0.25) is 11.8 Å². The fourth-order valence-corrected chi connectivity index (χ4v) is 5.70. The third-order valence-electron chi connectivity index (χ3n) is 7.16. The fraction of sp³-hybridized carbons (Fsp3) is 0.222. The van der Waals surface area contributed by atoms with Crippen LogP contribution in [0.25, 0.3) is 0 Å². The Morgan fingerprint density at radius 3 is 2.12 bits per heavy atom. The van der Waals surface area contributed by atoms with Crippen LogP contribution >= 0.6 is 0 Å². The van der Waals surface area contributed by atoms with Crippen molar-refractivity contribution in [1.82, 2.24) is 10.3 Å². The van der Waals surface area contributed by atoms with E-state index in [1.807, 2.05) is 19.1 Å². The Kier molecular flexibility index (Phi) is 4.57. The maximum absolute atomic E-state index is 13.8. The summed E-state index contributed by atoms with van der Waals surface area (Å²) in [5.74, 6) is -4.05. The Bertz CT molecular complexity index is 1330. The van der Waals surface area contributed by atoms with Crippen molar-refractivity contribution in [3.63, 3.8) is 0 Å². The van der Waals surface area contributed by atoms with Gasteiger partial charge in [0.15, 0.2) is 11.6 Å². The van der Waals surface area contributed by atoms with E-state index < -0.39 is 35.7 Å². The van der Waals surface area contributed by atoms with Gasteiger partial charge in [0.05, 0.1) is 29.3 Å². The SMILES string of the molecule is Cc1cccc(N2C(=O)C3C(c4ccccn4)NC(C4C(=O)c5ccccc5C4=O)C3C2=O)c1. The van der Waals surface area contributed by atoms with Gasteiger partial charge in [-0.1, -0.05) is 42.5 Å². The van der Waals surface area contributed by atoms with Crippen LogP contribution in [-0.2, 0) is 9.59 Å². The second-order valence-corrected chi connectivity index (χ2v) is 9.08. The number of ketones is 2. The smallest absolute Gasteiger partial charge is 0.239 e. The van der Waals surface area contributed by atoms with Crippen molar-refractivity contribution in [2.75, 3.05) is 4.90 Å². The number of nitrogens with zero attached hydrogens (tertiary/aromatic N) is 2. The first kappa shape index (κ1) is 20.6. The highest BCUT2D eigenvalue weighted by molar-refractivity contribution is 6.28. The van der Waals surface area contributed by atoms with Crippen molar-refractivity contribution in [2.24, 2.45) is 17.8 Å². The van der Waals surface area contributed by atoms with E-state index in [9.17, 15) is 19.2 Å². The molecule has 168 valence electrons. The van der Waals surface area contributed by atoms with Crippen LogP contribution in [0.5, 0.6) is 0 Å². The normalized spacial score (nSPS) is 26.3. The van der Waals surface area contributed by atoms with Crippen LogP contribution in [0.15, 0.2) is 72.9 Å². The standard InChI is InChI=1S/C27H21N3O4/c1-14-7-6-8-15(13-14)30-26(33)19-20(27(30)34)23(29-22(19)18-11-4-5-12-28-18)21-24(31)16-9-2-3-10-17(16)25(21)32/h2-13,19-23,29H,1H3. The molecule has 6 rings (SSSR count). The number of aryl methyl sites for hydroxylation is 1. The number of amides is 2. The van der Waals surface area contributed by atoms with Crippen LogP contribution in [0.2, 0.25) is 0 Å². The quantitative estimate of drug-likeness (QED) is 0.486. The second kappa shape index (κ2) is 7.53. The molecule has 4 unspecified atom stereocenters. The maximum Gasteiger partial charge on any atom is 0.239 e. The van der Waals surface area contributed by atoms with Crippen LogP contribution in [-0.4, -0.2) is 34.4 Å². The summed E-state index contributed by atoms with van der Waals surface area (Å²) in [5, 5.41) is 3.32. The highest BCUT2D eigenvalue weighted by Crippen LogP contribution is 2.48. The topological polar surface area (TPSA) is 96.4 Å². The lowest BCUT2D eigenvalue weighted by molar-refractivity contribution is -0.123. The molecule has 2 amide bonds. The lowest BCUT2D eigenvalue weighted by Gasteiger charge is -2.24. The highest BCUT2D eigenvalue weighted by Gasteiger charge is 2.63. The van der Waals surface area contributed by atoms with E-state index in [4.69, 9.17) is 0 Å². The molecule has 2 aliphatic heterocycles. The van der Waals surface area contributed by atoms with Gasteiger partial charge in [-0.25, -0.2) is 4.90 Å². The molecule has 7 heteroatoms. The highest BCUT2D eigenvalue weighted by atomic mass is 16.2. The van der Waals surface area contributed by atoms with Crippen molar-refractivity contribution in [1.29, 1.82) is 0 Å². The third kappa shape index (κ3) is 2.83. The van der Waals surface area contributed by atoms with Gasteiger partial charge < -0.3 is 5.32 Å². The number of hydrogen-bond donors (Lipinski definition) is 1. The predicted molar refractivity (Wildman–Crippen MR) is 123 cm³/mol. The molecule has 1 aliphatic carbocycles. The molecule has 3 aliphatic rings. The Hall–Kier alpha value is -3.97. The number of fused-ring (bicyclic) bond motifs is 2. The molecule has 0 saturated carbocycles. The Morgan fingerprint density at radius 1 is 0.794 bits per heavy atom. The Morgan fingerprint density at radius 2 is 1.47 bits per heavy atom. The molecule has 3 heterocycles. The molecule has 1 N–H and O–H groups in total. The minimum atomic E-state index is -1.06. The lowest BCUT2D eigenvalue weighted by Crippen LogP contribution is -2.46. The average Bonchev–Trinajstić information content (AvgIpc) is 3.44. The molecule has 4 atom stereocenters. The van der Waals surface area contributed by atoms with Crippen LogP contribution in [0.1, 0.15) is 38.0 Å². The number of carbonyl (C=O) groups is 4. The van der Waals surface area contributed by atoms with E-state index in [1.54, 1.807) is 60.8 Å². The zero-order valence-electron chi connectivity index (χ0n) is 18.3. The summed E-state index contributed by atoms with van der Waals surface area (Å²) in [6.45, 7) is 1.89. The van der Waals surface area contributed by atoms with Crippen LogP contribution in [0, 0.1) is 24.7 Å². The number of Topliss-reactive ketones (excluding diaryl/α,β-unsaturated/α-hetero) is 2. The number of anilines is 1. The Labute approximate surface area is 195 Å². The molecule has 34 heavy (non-hydrogen) atoms. The fourth-order valence-electron chi connectivity index (χ4n) is 5.70. The average molecular weight is 451 g/mol. The first-order valence-electron chi connectivity index (χ1n) is 11.3. The molecular weight excluding hydrogens is 430 g/mol. The van der Waals surface area contributed by atoms with Crippen molar-refractivity contribution in [3.8, 4) is 0 Å². The number of pyridine rings is 1. The molecule has 0 radical (unpaired) electrons. The van der Waals surface area contributed by atoms with Gasteiger partial charge in [0, 0.05) is 23.4 Å². The molecular formula is C27H21N3O4. The summed E-state index contributed by atoms with van der Waals surface area (Å²) in [4.78, 5) is 59.7. The first-order valence-corrected chi connectivity index (χ1v) is 11.3. The Balaban J connectivity index is 1.46. The molecule has 3 aromatic rings. The van der Waals surface area contributed by atoms with E-state index in [-0.39, 0.29) is 17.5 Å². The minimum absolute atomic E-state index is 0.312. The summed E-state index contributed by atoms with van der Waals surface area (Å²) < 4.78 is 0. The summed E-state index contributed by atoms with van der Waals surface area (Å²) >= 11 is 0. The maximum atomic E-state index is 13.8. The van der Waals surface area contributed by atoms with Gasteiger partial charge in [-0.2, -0.15) is 0 Å². The number of benzene rings is 2. The molecule has 2 aromatic carbocycles. The van der Waals surface area contributed by atoms with Crippen LogP contribution < -0.4 is 10.2 Å². The van der Waals surface area contributed by atoms with E-state index in [0.29, 0.717) is 22.5 Å². The summed E-state index contributed by atoms with van der Waals surface area (Å²) in [6, 6.07) is 17.9. The van der Waals surface area contributed by atoms with Gasteiger partial charge in [0.1, 0.15) is 5.92 Å². The van der Waals surface area contributed by atoms with E-state index in [2.05, 4.69) is 10.3 Å². The van der Waals surface area contributed by atoms with Crippen molar-refractivity contribution < 1.29 is 19.2 Å². The van der Waals surface area contributed by atoms with Gasteiger partial charge in [-0.05, 0) is 36.8 Å². The van der Waals surface area contributed by atoms with Crippen molar-refractivity contribution >= 4 is 29.1 Å². The number of imide groups is 1. The summed E-state index contributed by atoms with van der Waals surface area (Å²) in [5.41, 5.74) is 2.74. The third-order valence-corrected chi connectivity index (χ3v) is 7.16. The van der Waals surface area contributed by atoms with Gasteiger partial charge in [-0.15, -0.1) is 0 Å². The zero-order chi connectivity index (χ0) is 23.6. The molecule has 7 nitrogen and oxygen atoms in total. The molecule has 2 saturated heterocycles. The number of nitrogens with one attached hydrogen (secondary N) is 1. The predicted octanol–water partition coefficient (Wildman–Crippen LogP) is 2.90. The van der Waals surface area contributed by atoms with Crippen molar-refractivity contribution in [2.45, 2.75) is 19.0 Å². The van der Waals surface area contributed by atoms with E-state index >= 15 is 0 Å². The lowest BCUT2D eigenvalue weighted by atomic mass is 9.81. The molecule has 0 spiro atoms. The van der Waals surface area contributed by atoms with Gasteiger partial charge in [0.25, 0.3) is 0 Å². The van der Waals surface area contributed by atoms with E-state index in [1.165, 1.54) is 4.90 Å². The first-order chi connectivity index (χ1) is 16.5. The summed E-state index contributed by atoms with van der Waals surface area (Å²) in [6.07, 6.45) is 1.63. The van der Waals surface area contributed by atoms with E-state index in [0.717, 1.165) is 5.56 Å². The minimum Gasteiger partial charge on any atom is -0.303 e. The summed E-state index contributed by atoms with van der Waals surface area (Å²) in [7, 11) is 0. The number of hydrogen-bond acceptors (Lipinski definition) is 6. The zero-order valence-corrected chi connectivity index (χ0v) is 18.3. The second-order valence-electron chi connectivity index (χ2n) is 9.08. The molecule has 0 bridgehead atoms. The number of aromatic nitrogens is 1. The number of carbonyl (C=O) groups excluding carboxylic acids is 4. The van der Waals surface area contributed by atoms with Gasteiger partial charge >= 0.3 is 0 Å². The van der Waals surface area contributed by atoms with Crippen LogP contribution in [0.4, 0.5) is 5.69 Å². The number of rotatable bonds is 3. The van der Waals surface area contributed by atoms with Crippen molar-refractivity contribution in [3.05, 3.63) is 95.3 Å². The molecule has 2 fully saturated rings. The van der Waals surface area contributed by atoms with Gasteiger partial charge in [-0.3, -0.25) is 24.2 Å². The largest absolute Gasteiger partial charge is 0.303 e. The van der Waals surface area contributed by atoms with Crippen LogP contribution in [0.3, 0.4) is 0 Å². The molecule has 1 aromatic heterocycles. The monoisotopic (exact) mass is 451 g/mol.